The largest absolute Gasteiger partial charge is 0.330 e. The first-order valence-corrected chi connectivity index (χ1v) is 7.07. The second-order valence-corrected chi connectivity index (χ2v) is 5.93. The van der Waals surface area contributed by atoms with Crippen LogP contribution in [-0.4, -0.2) is 18.6 Å². The molecule has 0 spiro atoms. The summed E-state index contributed by atoms with van der Waals surface area (Å²) in [4.78, 5) is 0. The molecule has 1 atom stereocenters. The third-order valence-corrected chi connectivity index (χ3v) is 4.18. The molecular formula is C14H30N2. The van der Waals surface area contributed by atoms with Crippen LogP contribution in [0.15, 0.2) is 0 Å². The number of hydrogen-bond donors (Lipinski definition) is 2. The quantitative estimate of drug-likeness (QED) is 0.668. The van der Waals surface area contributed by atoms with Crippen LogP contribution in [0, 0.1) is 11.8 Å². The molecule has 0 aromatic heterocycles. The molecule has 1 aliphatic rings. The maximum Gasteiger partial charge on any atom is 0.0178 e. The first kappa shape index (κ1) is 14.0. The Labute approximate surface area is 101 Å². The van der Waals surface area contributed by atoms with Crippen molar-refractivity contribution in [3.63, 3.8) is 0 Å². The lowest BCUT2D eigenvalue weighted by atomic mass is 9.74. The van der Waals surface area contributed by atoms with Gasteiger partial charge in [0.25, 0.3) is 0 Å². The summed E-state index contributed by atoms with van der Waals surface area (Å²) in [6.45, 7) is 8.88. The Bertz CT molecular complexity index is 180. The molecule has 0 aliphatic heterocycles. The highest BCUT2D eigenvalue weighted by Gasteiger charge is 2.34. The Hall–Kier alpha value is -0.0800. The third kappa shape index (κ3) is 4.06. The van der Waals surface area contributed by atoms with Crippen molar-refractivity contribution in [2.45, 2.75) is 64.8 Å². The van der Waals surface area contributed by atoms with Crippen LogP contribution in [0.1, 0.15) is 59.3 Å². The molecule has 1 rings (SSSR count). The molecule has 0 saturated heterocycles. The summed E-state index contributed by atoms with van der Waals surface area (Å²) in [6, 6.07) is 0. The van der Waals surface area contributed by atoms with E-state index < -0.39 is 0 Å². The molecule has 2 nitrogen and oxygen atoms in total. The maximum atomic E-state index is 5.82. The number of rotatable bonds is 8. The van der Waals surface area contributed by atoms with Crippen molar-refractivity contribution in [3.8, 4) is 0 Å². The zero-order valence-electron chi connectivity index (χ0n) is 11.4. The van der Waals surface area contributed by atoms with Crippen LogP contribution < -0.4 is 11.1 Å². The highest BCUT2D eigenvalue weighted by Crippen LogP contribution is 2.34. The van der Waals surface area contributed by atoms with E-state index in [0.717, 1.165) is 19.0 Å². The number of nitrogens with two attached hydrogens (primary N) is 1. The molecule has 1 unspecified atom stereocenters. The molecule has 0 bridgehead atoms. The van der Waals surface area contributed by atoms with Gasteiger partial charge >= 0.3 is 0 Å². The summed E-state index contributed by atoms with van der Waals surface area (Å²) >= 11 is 0. The van der Waals surface area contributed by atoms with Crippen molar-refractivity contribution < 1.29 is 0 Å². The van der Waals surface area contributed by atoms with E-state index in [0.29, 0.717) is 11.5 Å². The second-order valence-electron chi connectivity index (χ2n) is 5.93. The minimum atomic E-state index is 0.497. The van der Waals surface area contributed by atoms with Gasteiger partial charge in [-0.05, 0) is 63.5 Å². The smallest absolute Gasteiger partial charge is 0.0178 e. The lowest BCUT2D eigenvalue weighted by Gasteiger charge is -2.42. The van der Waals surface area contributed by atoms with Gasteiger partial charge in [-0.3, -0.25) is 0 Å². The molecule has 0 aromatic rings. The fourth-order valence-electron chi connectivity index (χ4n) is 2.80. The molecule has 0 amide bonds. The van der Waals surface area contributed by atoms with E-state index in [2.05, 4.69) is 26.1 Å². The number of hydrogen-bond acceptors (Lipinski definition) is 2. The zero-order valence-corrected chi connectivity index (χ0v) is 11.4. The van der Waals surface area contributed by atoms with Crippen LogP contribution in [0.5, 0.6) is 0 Å². The average Bonchev–Trinajstić information content (AvgIpc) is 2.19. The highest BCUT2D eigenvalue weighted by atomic mass is 15.0. The van der Waals surface area contributed by atoms with Gasteiger partial charge in [-0.1, -0.05) is 20.8 Å². The van der Waals surface area contributed by atoms with Crippen LogP contribution in [0.25, 0.3) is 0 Å². The fraction of sp³-hybridized carbons (Fsp3) is 1.00. The van der Waals surface area contributed by atoms with Gasteiger partial charge in [0.2, 0.25) is 0 Å². The van der Waals surface area contributed by atoms with Crippen LogP contribution in [0.4, 0.5) is 0 Å². The van der Waals surface area contributed by atoms with Gasteiger partial charge in [0.1, 0.15) is 0 Å². The summed E-state index contributed by atoms with van der Waals surface area (Å²) in [6.07, 6.45) is 7.97. The Morgan fingerprint density at radius 2 is 2.00 bits per heavy atom. The monoisotopic (exact) mass is 226 g/mol. The molecule has 96 valence electrons. The Morgan fingerprint density at radius 3 is 2.38 bits per heavy atom. The minimum Gasteiger partial charge on any atom is -0.330 e. The molecule has 0 radical (unpaired) electrons. The lowest BCUT2D eigenvalue weighted by Crippen LogP contribution is -2.51. The van der Waals surface area contributed by atoms with E-state index in [-0.39, 0.29) is 0 Å². The van der Waals surface area contributed by atoms with Crippen LogP contribution in [-0.2, 0) is 0 Å². The predicted octanol–water partition coefficient (Wildman–Crippen LogP) is 2.92. The van der Waals surface area contributed by atoms with Crippen molar-refractivity contribution in [3.05, 3.63) is 0 Å². The normalized spacial score (nSPS) is 20.8. The molecule has 3 N–H and O–H groups in total. The molecule has 0 heterocycles. The van der Waals surface area contributed by atoms with Crippen molar-refractivity contribution >= 4 is 0 Å². The van der Waals surface area contributed by atoms with Crippen molar-refractivity contribution in [1.82, 2.24) is 5.32 Å². The van der Waals surface area contributed by atoms with E-state index in [1.54, 1.807) is 0 Å². The molecule has 1 saturated carbocycles. The van der Waals surface area contributed by atoms with Crippen LogP contribution in [0.2, 0.25) is 0 Å². The summed E-state index contributed by atoms with van der Waals surface area (Å²) in [5.74, 6) is 1.49. The standard InChI is InChI=1S/C14H30N2/c1-4-14(7-5-8-14)16-9-6-13(11-15)10-12(2)3/h12-13,16H,4-11,15H2,1-3H3. The van der Waals surface area contributed by atoms with Crippen LogP contribution >= 0.6 is 0 Å². The van der Waals surface area contributed by atoms with E-state index in [9.17, 15) is 0 Å². The highest BCUT2D eigenvalue weighted by molar-refractivity contribution is 4.94. The summed E-state index contributed by atoms with van der Waals surface area (Å²) in [5.41, 5.74) is 6.32. The van der Waals surface area contributed by atoms with Gasteiger partial charge in [-0.25, -0.2) is 0 Å². The van der Waals surface area contributed by atoms with Crippen molar-refractivity contribution in [2.24, 2.45) is 17.6 Å². The lowest BCUT2D eigenvalue weighted by molar-refractivity contribution is 0.173. The third-order valence-electron chi connectivity index (χ3n) is 4.18. The SMILES string of the molecule is CCC1(NCCC(CN)CC(C)C)CCC1. The van der Waals surface area contributed by atoms with E-state index in [1.165, 1.54) is 38.5 Å². The van der Waals surface area contributed by atoms with Gasteiger partial charge in [-0.15, -0.1) is 0 Å². The Morgan fingerprint density at radius 1 is 1.31 bits per heavy atom. The fourth-order valence-corrected chi connectivity index (χ4v) is 2.80. The Kier molecular flexibility index (Phi) is 5.77. The molecule has 1 fully saturated rings. The van der Waals surface area contributed by atoms with Gasteiger partial charge in [-0.2, -0.15) is 0 Å². The maximum absolute atomic E-state index is 5.82. The van der Waals surface area contributed by atoms with Crippen molar-refractivity contribution in [1.29, 1.82) is 0 Å². The van der Waals surface area contributed by atoms with Gasteiger partial charge < -0.3 is 11.1 Å². The van der Waals surface area contributed by atoms with Crippen LogP contribution in [0.3, 0.4) is 0 Å². The predicted molar refractivity (Wildman–Crippen MR) is 71.5 cm³/mol. The molecule has 2 heteroatoms. The van der Waals surface area contributed by atoms with Gasteiger partial charge in [0.05, 0.1) is 0 Å². The molecule has 0 aromatic carbocycles. The summed E-state index contributed by atoms with van der Waals surface area (Å²) in [7, 11) is 0. The van der Waals surface area contributed by atoms with E-state index in [4.69, 9.17) is 5.73 Å². The zero-order chi connectivity index (χ0) is 12.0. The first-order chi connectivity index (χ1) is 7.62. The van der Waals surface area contributed by atoms with Gasteiger partial charge in [0, 0.05) is 5.54 Å². The molecular weight excluding hydrogens is 196 g/mol. The van der Waals surface area contributed by atoms with Gasteiger partial charge in [0.15, 0.2) is 0 Å². The Balaban J connectivity index is 2.17. The average molecular weight is 226 g/mol. The molecule has 1 aliphatic carbocycles. The molecule has 16 heavy (non-hydrogen) atoms. The second kappa shape index (κ2) is 6.61. The summed E-state index contributed by atoms with van der Waals surface area (Å²) < 4.78 is 0. The summed E-state index contributed by atoms with van der Waals surface area (Å²) in [5, 5.41) is 3.76. The first-order valence-electron chi connectivity index (χ1n) is 7.07. The van der Waals surface area contributed by atoms with Crippen molar-refractivity contribution in [2.75, 3.05) is 13.1 Å². The minimum absolute atomic E-state index is 0.497. The van der Waals surface area contributed by atoms with E-state index in [1.807, 2.05) is 0 Å². The van der Waals surface area contributed by atoms with E-state index >= 15 is 0 Å². The topological polar surface area (TPSA) is 38.0 Å². The number of nitrogens with one attached hydrogen (secondary N) is 1.